The molecule has 3 rings (SSSR count). The van der Waals surface area contributed by atoms with E-state index >= 15 is 0 Å². The molecule has 0 spiro atoms. The van der Waals surface area contributed by atoms with E-state index in [9.17, 15) is 5.11 Å². The molecular formula is C12H13N3O2. The Bertz CT molecular complexity index is 518. The van der Waals surface area contributed by atoms with Gasteiger partial charge in [-0.1, -0.05) is 11.2 Å². The van der Waals surface area contributed by atoms with Crippen molar-refractivity contribution in [2.45, 2.75) is 18.9 Å². The molecule has 1 aliphatic heterocycles. The predicted octanol–water partition coefficient (Wildman–Crippen LogP) is 1.87. The van der Waals surface area contributed by atoms with E-state index in [1.165, 1.54) is 0 Å². The molecule has 1 unspecified atom stereocenters. The summed E-state index contributed by atoms with van der Waals surface area (Å²) in [6.45, 7) is 1.00. The Morgan fingerprint density at radius 1 is 1.41 bits per heavy atom. The minimum Gasteiger partial charge on any atom is -0.508 e. The van der Waals surface area contributed by atoms with Gasteiger partial charge in [0.25, 0.3) is 5.89 Å². The maximum absolute atomic E-state index is 9.39. The lowest BCUT2D eigenvalue weighted by atomic mass is 10.2. The monoisotopic (exact) mass is 231 g/mol. The number of hydrogen-bond donors (Lipinski definition) is 2. The number of benzene rings is 1. The van der Waals surface area contributed by atoms with Crippen LogP contribution in [0.5, 0.6) is 5.75 Å². The highest BCUT2D eigenvalue weighted by Crippen LogP contribution is 2.25. The number of hydrogen-bond acceptors (Lipinski definition) is 5. The maximum Gasteiger partial charge on any atom is 0.258 e. The number of nitrogens with one attached hydrogen (secondary N) is 1. The molecule has 0 radical (unpaired) electrons. The Labute approximate surface area is 98.5 Å². The Morgan fingerprint density at radius 2 is 2.35 bits per heavy atom. The summed E-state index contributed by atoms with van der Waals surface area (Å²) in [6.07, 6.45) is 2.18. The van der Waals surface area contributed by atoms with Gasteiger partial charge < -0.3 is 14.9 Å². The molecule has 1 fully saturated rings. The Morgan fingerprint density at radius 3 is 3.12 bits per heavy atom. The molecule has 1 aromatic heterocycles. The van der Waals surface area contributed by atoms with Crippen LogP contribution in [-0.4, -0.2) is 21.8 Å². The molecule has 2 aromatic rings. The molecule has 1 aromatic carbocycles. The van der Waals surface area contributed by atoms with Gasteiger partial charge in [0, 0.05) is 5.56 Å². The minimum absolute atomic E-state index is 0.196. The number of aromatic hydroxyl groups is 1. The van der Waals surface area contributed by atoms with Crippen LogP contribution in [0.3, 0.4) is 0 Å². The zero-order chi connectivity index (χ0) is 11.7. The van der Waals surface area contributed by atoms with Crippen LogP contribution in [-0.2, 0) is 0 Å². The molecule has 1 atom stereocenters. The van der Waals surface area contributed by atoms with Crippen molar-refractivity contribution in [2.24, 2.45) is 0 Å². The van der Waals surface area contributed by atoms with Crippen molar-refractivity contribution in [2.75, 3.05) is 6.54 Å². The summed E-state index contributed by atoms with van der Waals surface area (Å²) in [5.74, 6) is 1.34. The van der Waals surface area contributed by atoms with Crippen molar-refractivity contribution in [1.29, 1.82) is 0 Å². The Hall–Kier alpha value is -1.88. The maximum atomic E-state index is 9.39. The van der Waals surface area contributed by atoms with Gasteiger partial charge in [-0.05, 0) is 37.6 Å². The summed E-state index contributed by atoms with van der Waals surface area (Å²) in [5.41, 5.74) is 0.738. The molecule has 0 saturated carbocycles. The van der Waals surface area contributed by atoms with Crippen LogP contribution in [0.15, 0.2) is 28.8 Å². The lowest BCUT2D eigenvalue weighted by Crippen LogP contribution is -2.14. The van der Waals surface area contributed by atoms with Crippen LogP contribution in [0.2, 0.25) is 0 Å². The first kappa shape index (κ1) is 10.3. The highest BCUT2D eigenvalue weighted by Gasteiger charge is 2.22. The number of nitrogens with zero attached hydrogens (tertiary/aromatic N) is 2. The fourth-order valence-electron chi connectivity index (χ4n) is 2.04. The van der Waals surface area contributed by atoms with Crippen LogP contribution < -0.4 is 5.32 Å². The van der Waals surface area contributed by atoms with Crippen molar-refractivity contribution in [3.05, 3.63) is 30.1 Å². The predicted molar refractivity (Wildman–Crippen MR) is 61.4 cm³/mol. The second-order valence-corrected chi connectivity index (χ2v) is 4.16. The van der Waals surface area contributed by atoms with Gasteiger partial charge in [-0.3, -0.25) is 0 Å². The zero-order valence-electron chi connectivity index (χ0n) is 9.26. The lowest BCUT2D eigenvalue weighted by molar-refractivity contribution is 0.411. The van der Waals surface area contributed by atoms with Crippen LogP contribution in [0.1, 0.15) is 24.7 Å². The van der Waals surface area contributed by atoms with Crippen molar-refractivity contribution in [1.82, 2.24) is 15.5 Å². The number of phenols is 1. The number of phenolic OH excluding ortho intramolecular Hbond substituents is 1. The first-order chi connectivity index (χ1) is 8.33. The summed E-state index contributed by atoms with van der Waals surface area (Å²) in [4.78, 5) is 4.35. The minimum atomic E-state index is 0.196. The van der Waals surface area contributed by atoms with E-state index in [2.05, 4.69) is 15.5 Å². The molecule has 2 heterocycles. The van der Waals surface area contributed by atoms with Crippen LogP contribution in [0, 0.1) is 0 Å². The van der Waals surface area contributed by atoms with Crippen molar-refractivity contribution < 1.29 is 9.63 Å². The normalized spacial score (nSPS) is 19.6. The topological polar surface area (TPSA) is 71.2 Å². The third-order valence-corrected chi connectivity index (χ3v) is 2.91. The Balaban J connectivity index is 1.89. The average molecular weight is 231 g/mol. The van der Waals surface area contributed by atoms with E-state index in [0.717, 1.165) is 24.9 Å². The van der Waals surface area contributed by atoms with Gasteiger partial charge in [-0.15, -0.1) is 0 Å². The van der Waals surface area contributed by atoms with Crippen LogP contribution in [0.4, 0.5) is 0 Å². The smallest absolute Gasteiger partial charge is 0.258 e. The summed E-state index contributed by atoms with van der Waals surface area (Å²) < 4.78 is 5.21. The van der Waals surface area contributed by atoms with E-state index in [-0.39, 0.29) is 11.8 Å². The van der Waals surface area contributed by atoms with Crippen molar-refractivity contribution in [3.8, 4) is 17.2 Å². The van der Waals surface area contributed by atoms with Gasteiger partial charge in [0.2, 0.25) is 0 Å². The highest BCUT2D eigenvalue weighted by molar-refractivity contribution is 5.55. The number of aromatic nitrogens is 2. The molecule has 17 heavy (non-hydrogen) atoms. The van der Waals surface area contributed by atoms with E-state index in [4.69, 9.17) is 4.52 Å². The highest BCUT2D eigenvalue weighted by atomic mass is 16.5. The van der Waals surface area contributed by atoms with Gasteiger partial charge in [0.1, 0.15) is 5.75 Å². The van der Waals surface area contributed by atoms with Crippen molar-refractivity contribution >= 4 is 0 Å². The van der Waals surface area contributed by atoms with Crippen LogP contribution >= 0.6 is 0 Å². The first-order valence-electron chi connectivity index (χ1n) is 5.69. The molecule has 2 N–H and O–H groups in total. The second kappa shape index (κ2) is 4.18. The summed E-state index contributed by atoms with van der Waals surface area (Å²) >= 11 is 0. The standard InChI is InChI=1S/C12H13N3O2/c16-9-4-1-3-8(7-9)12-14-11(15-17-12)10-5-2-6-13-10/h1,3-4,7,10,13,16H,2,5-6H2. The summed E-state index contributed by atoms with van der Waals surface area (Å²) in [5, 5.41) is 16.7. The third-order valence-electron chi connectivity index (χ3n) is 2.91. The molecular weight excluding hydrogens is 218 g/mol. The Kier molecular flexibility index (Phi) is 2.53. The molecule has 1 saturated heterocycles. The molecule has 5 nitrogen and oxygen atoms in total. The fourth-order valence-corrected chi connectivity index (χ4v) is 2.04. The van der Waals surface area contributed by atoms with E-state index in [0.29, 0.717) is 11.7 Å². The van der Waals surface area contributed by atoms with Gasteiger partial charge in [0.15, 0.2) is 5.82 Å². The quantitative estimate of drug-likeness (QED) is 0.825. The van der Waals surface area contributed by atoms with E-state index in [1.54, 1.807) is 18.2 Å². The third kappa shape index (κ3) is 2.01. The first-order valence-corrected chi connectivity index (χ1v) is 5.69. The van der Waals surface area contributed by atoms with E-state index in [1.807, 2.05) is 6.07 Å². The average Bonchev–Trinajstić information content (AvgIpc) is 3.00. The largest absolute Gasteiger partial charge is 0.508 e. The van der Waals surface area contributed by atoms with Crippen LogP contribution in [0.25, 0.3) is 11.5 Å². The zero-order valence-corrected chi connectivity index (χ0v) is 9.26. The summed E-state index contributed by atoms with van der Waals surface area (Å²) in [6, 6.07) is 7.00. The van der Waals surface area contributed by atoms with E-state index < -0.39 is 0 Å². The van der Waals surface area contributed by atoms with Gasteiger partial charge in [-0.25, -0.2) is 0 Å². The molecule has 0 amide bonds. The van der Waals surface area contributed by atoms with Crippen molar-refractivity contribution in [3.63, 3.8) is 0 Å². The SMILES string of the molecule is Oc1cccc(-c2nc(C3CCCN3)no2)c1. The van der Waals surface area contributed by atoms with Gasteiger partial charge in [0.05, 0.1) is 6.04 Å². The molecule has 1 aliphatic rings. The second-order valence-electron chi connectivity index (χ2n) is 4.16. The van der Waals surface area contributed by atoms with Gasteiger partial charge >= 0.3 is 0 Å². The number of rotatable bonds is 2. The van der Waals surface area contributed by atoms with Gasteiger partial charge in [-0.2, -0.15) is 4.98 Å². The molecule has 5 heteroatoms. The molecule has 0 bridgehead atoms. The lowest BCUT2D eigenvalue weighted by Gasteiger charge is -2.01. The molecule has 0 aliphatic carbocycles. The summed E-state index contributed by atoms with van der Waals surface area (Å²) in [7, 11) is 0. The molecule has 88 valence electrons. The fraction of sp³-hybridized carbons (Fsp3) is 0.333.